The first-order chi connectivity index (χ1) is 9.70. The molecule has 0 aliphatic carbocycles. The smallest absolute Gasteiger partial charge is 0.158 e. The van der Waals surface area contributed by atoms with Crippen LogP contribution >= 0.6 is 11.6 Å². The van der Waals surface area contributed by atoms with Crippen molar-refractivity contribution in [1.29, 1.82) is 0 Å². The molecular weight excluding hydrogens is 276 g/mol. The number of halogens is 1. The number of hydrogen-bond acceptors (Lipinski definition) is 3. The maximum atomic E-state index is 5.91. The van der Waals surface area contributed by atoms with Crippen molar-refractivity contribution in [2.75, 3.05) is 19.1 Å². The molecule has 1 aliphatic rings. The van der Waals surface area contributed by atoms with Gasteiger partial charge < -0.3 is 9.30 Å². The van der Waals surface area contributed by atoms with Crippen LogP contribution in [0, 0.1) is 12.8 Å². The van der Waals surface area contributed by atoms with Crippen LogP contribution < -0.4 is 0 Å². The van der Waals surface area contributed by atoms with E-state index in [1.807, 2.05) is 18.7 Å². The van der Waals surface area contributed by atoms with E-state index < -0.39 is 0 Å². The molecule has 0 radical (unpaired) electrons. The summed E-state index contributed by atoms with van der Waals surface area (Å²) in [6, 6.07) is 0. The molecule has 20 heavy (non-hydrogen) atoms. The molecule has 1 unspecified atom stereocenters. The predicted octanol–water partition coefficient (Wildman–Crippen LogP) is 2.29. The van der Waals surface area contributed by atoms with E-state index in [1.54, 1.807) is 0 Å². The number of ether oxygens (including phenoxy) is 1. The number of nitrogens with zero attached hydrogens (tertiary/aromatic N) is 4. The molecule has 3 heterocycles. The molecule has 2 aromatic heterocycles. The van der Waals surface area contributed by atoms with Gasteiger partial charge in [0.1, 0.15) is 11.3 Å². The van der Waals surface area contributed by atoms with Crippen LogP contribution in [0.3, 0.4) is 0 Å². The maximum Gasteiger partial charge on any atom is 0.158 e. The second-order valence-corrected chi connectivity index (χ2v) is 5.90. The first-order valence-electron chi connectivity index (χ1n) is 7.23. The predicted molar refractivity (Wildman–Crippen MR) is 79.2 cm³/mol. The fraction of sp³-hybridized carbons (Fsp3) is 0.714. The second-order valence-electron chi connectivity index (χ2n) is 5.52. The van der Waals surface area contributed by atoms with Crippen LogP contribution in [0.5, 0.6) is 0 Å². The Kier molecular flexibility index (Phi) is 3.98. The molecule has 0 bridgehead atoms. The third-order valence-corrected chi connectivity index (χ3v) is 4.26. The van der Waals surface area contributed by atoms with Crippen LogP contribution in [0.2, 0.25) is 0 Å². The van der Waals surface area contributed by atoms with Gasteiger partial charge in [0.15, 0.2) is 5.65 Å². The quantitative estimate of drug-likeness (QED) is 0.795. The SMILES string of the molecule is Cc1nn(C)c2c1nc(CCCl)n2CCC1CCOC1. The Labute approximate surface area is 123 Å². The lowest BCUT2D eigenvalue weighted by molar-refractivity contribution is 0.183. The number of aromatic nitrogens is 4. The molecule has 2 aromatic rings. The number of aryl methyl sites for hydroxylation is 4. The minimum absolute atomic E-state index is 0.600. The van der Waals surface area contributed by atoms with Gasteiger partial charge in [0, 0.05) is 39.1 Å². The molecule has 0 spiro atoms. The molecule has 1 saturated heterocycles. The Morgan fingerprint density at radius 2 is 2.30 bits per heavy atom. The normalized spacial score (nSPS) is 19.2. The zero-order chi connectivity index (χ0) is 14.1. The molecule has 6 heteroatoms. The number of alkyl halides is 1. The van der Waals surface area contributed by atoms with E-state index in [0.717, 1.165) is 55.3 Å². The molecule has 110 valence electrons. The van der Waals surface area contributed by atoms with E-state index in [9.17, 15) is 0 Å². The van der Waals surface area contributed by atoms with Gasteiger partial charge in [-0.25, -0.2) is 4.98 Å². The summed E-state index contributed by atoms with van der Waals surface area (Å²) in [5.74, 6) is 2.35. The van der Waals surface area contributed by atoms with Crippen LogP contribution in [-0.2, 0) is 24.8 Å². The van der Waals surface area contributed by atoms with Crippen LogP contribution in [0.25, 0.3) is 11.2 Å². The molecule has 1 fully saturated rings. The van der Waals surface area contributed by atoms with Crippen molar-refractivity contribution in [3.05, 3.63) is 11.5 Å². The molecule has 1 aliphatic heterocycles. The highest BCUT2D eigenvalue weighted by Gasteiger charge is 2.20. The first kappa shape index (κ1) is 13.9. The highest BCUT2D eigenvalue weighted by molar-refractivity contribution is 6.17. The van der Waals surface area contributed by atoms with Gasteiger partial charge in [-0.2, -0.15) is 5.10 Å². The van der Waals surface area contributed by atoms with Crippen molar-refractivity contribution in [2.45, 2.75) is 32.7 Å². The molecular formula is C14H21ClN4O. The number of imidazole rings is 1. The molecule has 0 saturated carbocycles. The van der Waals surface area contributed by atoms with E-state index in [1.165, 1.54) is 6.42 Å². The standard InChI is InChI=1S/C14H21ClN4O/c1-10-13-14(18(2)17-10)19(12(16-13)3-6-15)7-4-11-5-8-20-9-11/h11H,3-9H2,1-2H3. The van der Waals surface area contributed by atoms with E-state index in [2.05, 4.69) is 9.67 Å². The summed E-state index contributed by atoms with van der Waals surface area (Å²) in [5.41, 5.74) is 3.11. The summed E-state index contributed by atoms with van der Waals surface area (Å²) in [4.78, 5) is 4.73. The largest absolute Gasteiger partial charge is 0.381 e. The second kappa shape index (κ2) is 5.74. The van der Waals surface area contributed by atoms with Crippen molar-refractivity contribution >= 4 is 22.8 Å². The third-order valence-electron chi connectivity index (χ3n) is 4.07. The van der Waals surface area contributed by atoms with Crippen LogP contribution in [0.1, 0.15) is 24.4 Å². The maximum absolute atomic E-state index is 5.91. The summed E-state index contributed by atoms with van der Waals surface area (Å²) in [6.07, 6.45) is 3.11. The van der Waals surface area contributed by atoms with Gasteiger partial charge in [0.05, 0.1) is 5.69 Å². The zero-order valence-corrected chi connectivity index (χ0v) is 12.9. The summed E-state index contributed by atoms with van der Waals surface area (Å²) >= 11 is 5.91. The van der Waals surface area contributed by atoms with E-state index in [4.69, 9.17) is 21.3 Å². The first-order valence-corrected chi connectivity index (χ1v) is 7.76. The molecule has 0 N–H and O–H groups in total. The Balaban J connectivity index is 1.90. The zero-order valence-electron chi connectivity index (χ0n) is 12.1. The molecule has 3 rings (SSSR count). The average molecular weight is 297 g/mol. The Morgan fingerprint density at radius 1 is 1.45 bits per heavy atom. The highest BCUT2D eigenvalue weighted by atomic mass is 35.5. The molecule has 0 amide bonds. The van der Waals surface area contributed by atoms with Gasteiger partial charge >= 0.3 is 0 Å². The van der Waals surface area contributed by atoms with Crippen molar-refractivity contribution in [1.82, 2.24) is 19.3 Å². The summed E-state index contributed by atoms with van der Waals surface area (Å²) < 4.78 is 9.68. The third kappa shape index (κ3) is 2.44. The van der Waals surface area contributed by atoms with E-state index in [-0.39, 0.29) is 0 Å². The molecule has 5 nitrogen and oxygen atoms in total. The highest BCUT2D eigenvalue weighted by Crippen LogP contribution is 2.23. The van der Waals surface area contributed by atoms with Crippen molar-refractivity contribution in [2.24, 2.45) is 13.0 Å². The van der Waals surface area contributed by atoms with Crippen molar-refractivity contribution in [3.8, 4) is 0 Å². The Hall–Kier alpha value is -1.07. The van der Waals surface area contributed by atoms with Gasteiger partial charge in [0.25, 0.3) is 0 Å². The summed E-state index contributed by atoms with van der Waals surface area (Å²) in [5, 5.41) is 4.47. The fourth-order valence-corrected chi connectivity index (χ4v) is 3.18. The van der Waals surface area contributed by atoms with Gasteiger partial charge in [-0.05, 0) is 25.7 Å². The monoisotopic (exact) mass is 296 g/mol. The van der Waals surface area contributed by atoms with Gasteiger partial charge in [-0.15, -0.1) is 11.6 Å². The topological polar surface area (TPSA) is 44.9 Å². The lowest BCUT2D eigenvalue weighted by atomic mass is 10.1. The number of hydrogen-bond donors (Lipinski definition) is 0. The minimum Gasteiger partial charge on any atom is -0.381 e. The van der Waals surface area contributed by atoms with Crippen LogP contribution in [-0.4, -0.2) is 38.4 Å². The van der Waals surface area contributed by atoms with Gasteiger partial charge in [-0.1, -0.05) is 0 Å². The summed E-state index contributed by atoms with van der Waals surface area (Å²) in [7, 11) is 1.98. The number of fused-ring (bicyclic) bond motifs is 1. The van der Waals surface area contributed by atoms with Crippen molar-refractivity contribution in [3.63, 3.8) is 0 Å². The van der Waals surface area contributed by atoms with Crippen LogP contribution in [0.15, 0.2) is 0 Å². The summed E-state index contributed by atoms with van der Waals surface area (Å²) in [6.45, 7) is 4.78. The van der Waals surface area contributed by atoms with Crippen molar-refractivity contribution < 1.29 is 4.74 Å². The lowest BCUT2D eigenvalue weighted by Crippen LogP contribution is -2.11. The van der Waals surface area contributed by atoms with E-state index in [0.29, 0.717) is 11.8 Å². The van der Waals surface area contributed by atoms with Crippen LogP contribution in [0.4, 0.5) is 0 Å². The number of rotatable bonds is 5. The van der Waals surface area contributed by atoms with E-state index >= 15 is 0 Å². The van der Waals surface area contributed by atoms with Gasteiger partial charge in [-0.3, -0.25) is 4.68 Å². The lowest BCUT2D eigenvalue weighted by Gasteiger charge is -2.12. The molecule has 1 atom stereocenters. The Morgan fingerprint density at radius 3 is 3.00 bits per heavy atom. The minimum atomic E-state index is 0.600. The average Bonchev–Trinajstić information content (AvgIpc) is 3.08. The Bertz CT molecular complexity index is 598. The molecule has 0 aromatic carbocycles. The van der Waals surface area contributed by atoms with Gasteiger partial charge in [0.2, 0.25) is 0 Å². The fourth-order valence-electron chi connectivity index (χ4n) is 3.01.